The summed E-state index contributed by atoms with van der Waals surface area (Å²) >= 11 is 0. The van der Waals surface area contributed by atoms with Crippen LogP contribution in [0.25, 0.3) is 22.3 Å². The topological polar surface area (TPSA) is 68.3 Å². The molecule has 4 heteroatoms. The van der Waals surface area contributed by atoms with Crippen LogP contribution in [0.15, 0.2) is 57.7 Å². The summed E-state index contributed by atoms with van der Waals surface area (Å²) < 4.78 is 5.78. The van der Waals surface area contributed by atoms with E-state index in [1.54, 1.807) is 18.2 Å². The van der Waals surface area contributed by atoms with Crippen molar-refractivity contribution in [1.82, 2.24) is 0 Å². The molecule has 20 heavy (non-hydrogen) atoms. The van der Waals surface area contributed by atoms with Crippen LogP contribution in [0.4, 0.5) is 11.4 Å². The van der Waals surface area contributed by atoms with Crippen LogP contribution in [0.5, 0.6) is 0 Å². The monoisotopic (exact) mass is 266 g/mol. The fraction of sp³-hybridized carbons (Fsp3) is 0.0625. The van der Waals surface area contributed by atoms with Gasteiger partial charge in [-0.2, -0.15) is 0 Å². The largest absolute Gasteiger partial charge is 0.456 e. The van der Waals surface area contributed by atoms with Crippen molar-refractivity contribution in [3.8, 4) is 11.3 Å². The second kappa shape index (κ2) is 4.74. The molecule has 3 aromatic rings. The van der Waals surface area contributed by atoms with Gasteiger partial charge in [0.05, 0.1) is 5.39 Å². The number of benzene rings is 2. The van der Waals surface area contributed by atoms with Gasteiger partial charge in [-0.1, -0.05) is 6.07 Å². The van der Waals surface area contributed by atoms with E-state index in [0.29, 0.717) is 22.4 Å². The quantitative estimate of drug-likeness (QED) is 0.699. The van der Waals surface area contributed by atoms with E-state index in [2.05, 4.69) is 5.32 Å². The molecule has 100 valence electrons. The van der Waals surface area contributed by atoms with Gasteiger partial charge in [-0.15, -0.1) is 0 Å². The number of nitrogen functional groups attached to an aromatic ring is 1. The van der Waals surface area contributed by atoms with E-state index in [9.17, 15) is 4.79 Å². The minimum atomic E-state index is -0.128. The zero-order valence-corrected chi connectivity index (χ0v) is 11.0. The number of fused-ring (bicyclic) bond motifs is 1. The highest BCUT2D eigenvalue weighted by molar-refractivity contribution is 5.89. The molecule has 0 aliphatic carbocycles. The Morgan fingerprint density at radius 1 is 1.10 bits per heavy atom. The SMILES string of the molecule is CNc1ccc(-c2cc(=O)c3c(N)cccc3o2)cc1. The molecule has 4 nitrogen and oxygen atoms in total. The van der Waals surface area contributed by atoms with Crippen molar-refractivity contribution in [2.45, 2.75) is 0 Å². The van der Waals surface area contributed by atoms with Crippen molar-refractivity contribution in [3.05, 3.63) is 58.8 Å². The van der Waals surface area contributed by atoms with E-state index in [0.717, 1.165) is 11.3 Å². The zero-order valence-electron chi connectivity index (χ0n) is 11.0. The highest BCUT2D eigenvalue weighted by Gasteiger charge is 2.08. The van der Waals surface area contributed by atoms with Crippen molar-refractivity contribution in [3.63, 3.8) is 0 Å². The molecule has 0 saturated heterocycles. The van der Waals surface area contributed by atoms with Crippen LogP contribution in [-0.2, 0) is 0 Å². The van der Waals surface area contributed by atoms with Crippen molar-refractivity contribution in [1.29, 1.82) is 0 Å². The van der Waals surface area contributed by atoms with Crippen molar-refractivity contribution >= 4 is 22.3 Å². The third-order valence-corrected chi connectivity index (χ3v) is 3.25. The lowest BCUT2D eigenvalue weighted by Crippen LogP contribution is -2.03. The number of nitrogens with two attached hydrogens (primary N) is 1. The summed E-state index contributed by atoms with van der Waals surface area (Å²) in [4.78, 5) is 12.2. The molecule has 0 unspecified atom stereocenters. The molecule has 0 fully saturated rings. The van der Waals surface area contributed by atoms with Crippen LogP contribution >= 0.6 is 0 Å². The van der Waals surface area contributed by atoms with E-state index >= 15 is 0 Å². The number of anilines is 2. The Morgan fingerprint density at radius 3 is 2.55 bits per heavy atom. The second-order valence-electron chi connectivity index (χ2n) is 4.52. The van der Waals surface area contributed by atoms with Gasteiger partial charge in [0.25, 0.3) is 0 Å². The molecule has 2 aromatic carbocycles. The Balaban J connectivity index is 2.19. The maximum atomic E-state index is 12.2. The van der Waals surface area contributed by atoms with E-state index in [1.165, 1.54) is 6.07 Å². The van der Waals surface area contributed by atoms with Crippen LogP contribution in [-0.4, -0.2) is 7.05 Å². The average molecular weight is 266 g/mol. The lowest BCUT2D eigenvalue weighted by Gasteiger charge is -2.06. The molecular weight excluding hydrogens is 252 g/mol. The fourth-order valence-electron chi connectivity index (χ4n) is 2.18. The predicted molar refractivity (Wildman–Crippen MR) is 81.9 cm³/mol. The van der Waals surface area contributed by atoms with Gasteiger partial charge in [-0.05, 0) is 36.4 Å². The highest BCUT2D eigenvalue weighted by atomic mass is 16.3. The standard InChI is InChI=1S/C16H14N2O2/c1-18-11-7-5-10(6-8-11)15-9-13(19)16-12(17)3-2-4-14(16)20-15/h2-9,18H,17H2,1H3. The molecule has 0 radical (unpaired) electrons. The van der Waals surface area contributed by atoms with Crippen LogP contribution < -0.4 is 16.5 Å². The van der Waals surface area contributed by atoms with Gasteiger partial charge in [0, 0.05) is 30.1 Å². The van der Waals surface area contributed by atoms with E-state index in [-0.39, 0.29) is 5.43 Å². The maximum absolute atomic E-state index is 12.2. The van der Waals surface area contributed by atoms with Gasteiger partial charge in [-0.25, -0.2) is 0 Å². The van der Waals surface area contributed by atoms with Gasteiger partial charge >= 0.3 is 0 Å². The molecular formula is C16H14N2O2. The van der Waals surface area contributed by atoms with Crippen molar-refractivity contribution < 1.29 is 4.42 Å². The minimum absolute atomic E-state index is 0.128. The number of rotatable bonds is 2. The van der Waals surface area contributed by atoms with Gasteiger partial charge in [0.2, 0.25) is 0 Å². The normalized spacial score (nSPS) is 10.7. The van der Waals surface area contributed by atoms with Crippen molar-refractivity contribution in [2.75, 3.05) is 18.1 Å². The first-order chi connectivity index (χ1) is 9.69. The third kappa shape index (κ3) is 2.01. The Bertz CT molecular complexity index is 820. The Morgan fingerprint density at radius 2 is 1.85 bits per heavy atom. The Labute approximate surface area is 115 Å². The molecule has 0 saturated carbocycles. The molecule has 3 N–H and O–H groups in total. The lowest BCUT2D eigenvalue weighted by molar-refractivity contribution is 0.619. The first-order valence-corrected chi connectivity index (χ1v) is 6.29. The molecule has 0 aliphatic heterocycles. The van der Waals surface area contributed by atoms with E-state index in [4.69, 9.17) is 10.2 Å². The minimum Gasteiger partial charge on any atom is -0.456 e. The van der Waals surface area contributed by atoms with E-state index in [1.807, 2.05) is 31.3 Å². The summed E-state index contributed by atoms with van der Waals surface area (Å²) in [5.41, 5.74) is 8.48. The number of hydrogen-bond acceptors (Lipinski definition) is 4. The molecule has 0 aliphatic rings. The third-order valence-electron chi connectivity index (χ3n) is 3.25. The highest BCUT2D eigenvalue weighted by Crippen LogP contribution is 2.25. The summed E-state index contributed by atoms with van der Waals surface area (Å²) in [6.07, 6.45) is 0. The molecule has 1 heterocycles. The zero-order chi connectivity index (χ0) is 14.1. The Kier molecular flexibility index (Phi) is 2.91. The van der Waals surface area contributed by atoms with Gasteiger partial charge in [-0.3, -0.25) is 4.79 Å². The number of hydrogen-bond donors (Lipinski definition) is 2. The first-order valence-electron chi connectivity index (χ1n) is 6.29. The van der Waals surface area contributed by atoms with E-state index < -0.39 is 0 Å². The summed E-state index contributed by atoms with van der Waals surface area (Å²) in [6.45, 7) is 0. The lowest BCUT2D eigenvalue weighted by atomic mass is 10.1. The van der Waals surface area contributed by atoms with Gasteiger partial charge < -0.3 is 15.5 Å². The molecule has 0 bridgehead atoms. The Hall–Kier alpha value is -2.75. The van der Waals surface area contributed by atoms with Crippen LogP contribution in [0.2, 0.25) is 0 Å². The summed E-state index contributed by atoms with van der Waals surface area (Å²) in [7, 11) is 1.86. The summed E-state index contributed by atoms with van der Waals surface area (Å²) in [5, 5.41) is 3.48. The summed E-state index contributed by atoms with van der Waals surface area (Å²) in [6, 6.07) is 14.4. The van der Waals surface area contributed by atoms with Crippen molar-refractivity contribution in [2.24, 2.45) is 0 Å². The molecule has 3 rings (SSSR count). The van der Waals surface area contributed by atoms with Crippen LogP contribution in [0.1, 0.15) is 0 Å². The second-order valence-corrected chi connectivity index (χ2v) is 4.52. The first kappa shape index (κ1) is 12.3. The average Bonchev–Trinajstić information content (AvgIpc) is 2.47. The predicted octanol–water partition coefficient (Wildman–Crippen LogP) is 3.08. The van der Waals surface area contributed by atoms with Crippen LogP contribution in [0, 0.1) is 0 Å². The number of nitrogens with one attached hydrogen (secondary N) is 1. The smallest absolute Gasteiger partial charge is 0.195 e. The fourth-order valence-corrected chi connectivity index (χ4v) is 2.18. The van der Waals surface area contributed by atoms with Gasteiger partial charge in [0.1, 0.15) is 11.3 Å². The van der Waals surface area contributed by atoms with Crippen LogP contribution in [0.3, 0.4) is 0 Å². The van der Waals surface area contributed by atoms with Gasteiger partial charge in [0.15, 0.2) is 5.43 Å². The molecule has 1 aromatic heterocycles. The molecule has 0 amide bonds. The molecule has 0 spiro atoms. The maximum Gasteiger partial charge on any atom is 0.195 e. The molecule has 0 atom stereocenters. The summed E-state index contributed by atoms with van der Waals surface area (Å²) in [5.74, 6) is 0.538.